The van der Waals surface area contributed by atoms with Crippen molar-refractivity contribution in [3.05, 3.63) is 22.8 Å². The smallest absolute Gasteiger partial charge is 0.157 e. The molecule has 0 aliphatic rings. The predicted molar refractivity (Wildman–Crippen MR) is 68.7 cm³/mol. The van der Waals surface area contributed by atoms with Gasteiger partial charge in [0.05, 0.1) is 0 Å². The Labute approximate surface area is 104 Å². The number of aryl methyl sites for hydroxylation is 2. The molecule has 4 heteroatoms. The molecule has 0 aliphatic carbocycles. The average molecular weight is 237 g/mol. The maximum atomic E-state index is 5.70. The Kier molecular flexibility index (Phi) is 5.51. The first-order valence-electron chi connectivity index (χ1n) is 6.29. The quantitative estimate of drug-likeness (QED) is 0.825. The molecule has 0 amide bonds. The Morgan fingerprint density at radius 2 is 1.76 bits per heavy atom. The highest BCUT2D eigenvalue weighted by Crippen LogP contribution is 2.21. The highest BCUT2D eigenvalue weighted by molar-refractivity contribution is 5.24. The minimum absolute atomic E-state index is 0.00854. The van der Waals surface area contributed by atoms with Gasteiger partial charge < -0.3 is 10.5 Å². The molecule has 17 heavy (non-hydrogen) atoms. The molecule has 1 heterocycles. The molecule has 1 unspecified atom stereocenters. The van der Waals surface area contributed by atoms with Gasteiger partial charge in [0.15, 0.2) is 5.82 Å². The van der Waals surface area contributed by atoms with E-state index in [1.807, 2.05) is 20.8 Å². The van der Waals surface area contributed by atoms with E-state index in [4.69, 9.17) is 10.5 Å². The van der Waals surface area contributed by atoms with Crippen molar-refractivity contribution in [1.29, 1.82) is 0 Å². The summed E-state index contributed by atoms with van der Waals surface area (Å²) < 4.78 is 5.70. The van der Waals surface area contributed by atoms with Crippen molar-refractivity contribution in [2.24, 2.45) is 5.73 Å². The third kappa shape index (κ3) is 3.48. The molecule has 0 bridgehead atoms. The average Bonchev–Trinajstić information content (AvgIpc) is 2.28. The molecule has 0 spiro atoms. The zero-order valence-corrected chi connectivity index (χ0v) is 11.3. The normalized spacial score (nSPS) is 12.8. The second-order valence-corrected chi connectivity index (χ2v) is 4.17. The van der Waals surface area contributed by atoms with E-state index in [0.717, 1.165) is 35.6 Å². The van der Waals surface area contributed by atoms with E-state index in [1.165, 1.54) is 0 Å². The van der Waals surface area contributed by atoms with E-state index in [0.29, 0.717) is 13.2 Å². The molecule has 2 N–H and O–H groups in total. The van der Waals surface area contributed by atoms with Crippen LogP contribution in [0.5, 0.6) is 0 Å². The Morgan fingerprint density at radius 3 is 2.18 bits per heavy atom. The Bertz CT molecular complexity index is 337. The maximum absolute atomic E-state index is 5.70. The van der Waals surface area contributed by atoms with Crippen LogP contribution in [0.1, 0.15) is 55.6 Å². The van der Waals surface area contributed by atoms with E-state index < -0.39 is 0 Å². The summed E-state index contributed by atoms with van der Waals surface area (Å²) in [6.07, 6.45) is 2.02. The number of aromatic nitrogens is 2. The lowest BCUT2D eigenvalue weighted by Gasteiger charge is -2.17. The van der Waals surface area contributed by atoms with Gasteiger partial charge in [0.1, 0.15) is 6.10 Å². The number of hydrogen-bond acceptors (Lipinski definition) is 4. The first-order chi connectivity index (χ1) is 8.13. The van der Waals surface area contributed by atoms with Crippen molar-refractivity contribution in [2.75, 3.05) is 6.61 Å². The van der Waals surface area contributed by atoms with Crippen molar-refractivity contribution in [1.82, 2.24) is 9.97 Å². The molecule has 1 rings (SSSR count). The Morgan fingerprint density at radius 1 is 1.18 bits per heavy atom. The molecule has 0 saturated heterocycles. The van der Waals surface area contributed by atoms with Crippen molar-refractivity contribution >= 4 is 0 Å². The van der Waals surface area contributed by atoms with Crippen molar-refractivity contribution < 1.29 is 4.74 Å². The standard InChI is InChI=1S/C13H23N3O/c1-5-7-12(17-6-2)13-15-9(3)11(8-14)10(4)16-13/h12H,5-8,14H2,1-4H3. The summed E-state index contributed by atoms with van der Waals surface area (Å²) in [5.41, 5.74) is 8.66. The molecule has 1 aromatic heterocycles. The summed E-state index contributed by atoms with van der Waals surface area (Å²) in [5, 5.41) is 0. The zero-order valence-electron chi connectivity index (χ0n) is 11.3. The van der Waals surface area contributed by atoms with Gasteiger partial charge in [-0.3, -0.25) is 0 Å². The van der Waals surface area contributed by atoms with Gasteiger partial charge >= 0.3 is 0 Å². The van der Waals surface area contributed by atoms with Gasteiger partial charge in [-0.15, -0.1) is 0 Å². The maximum Gasteiger partial charge on any atom is 0.157 e. The van der Waals surface area contributed by atoms with Crippen LogP contribution >= 0.6 is 0 Å². The van der Waals surface area contributed by atoms with Crippen LogP contribution in [0.2, 0.25) is 0 Å². The molecular weight excluding hydrogens is 214 g/mol. The van der Waals surface area contributed by atoms with Gasteiger partial charge in [0.25, 0.3) is 0 Å². The Balaban J connectivity index is 3.03. The molecule has 0 radical (unpaired) electrons. The minimum atomic E-state index is 0.00854. The van der Waals surface area contributed by atoms with Gasteiger partial charge in [-0.2, -0.15) is 0 Å². The number of nitrogens with two attached hydrogens (primary N) is 1. The van der Waals surface area contributed by atoms with E-state index >= 15 is 0 Å². The lowest BCUT2D eigenvalue weighted by atomic mass is 10.1. The van der Waals surface area contributed by atoms with E-state index in [1.54, 1.807) is 0 Å². The Hall–Kier alpha value is -1.00. The summed E-state index contributed by atoms with van der Waals surface area (Å²) in [4.78, 5) is 9.05. The summed E-state index contributed by atoms with van der Waals surface area (Å²) >= 11 is 0. The third-order valence-corrected chi connectivity index (χ3v) is 2.85. The molecule has 1 atom stereocenters. The fraction of sp³-hybridized carbons (Fsp3) is 0.692. The highest BCUT2D eigenvalue weighted by Gasteiger charge is 2.16. The van der Waals surface area contributed by atoms with Crippen molar-refractivity contribution in [2.45, 2.75) is 53.2 Å². The molecule has 0 aromatic carbocycles. The first-order valence-corrected chi connectivity index (χ1v) is 6.29. The molecule has 0 fully saturated rings. The van der Waals surface area contributed by atoms with Gasteiger partial charge in [-0.1, -0.05) is 13.3 Å². The van der Waals surface area contributed by atoms with Crippen LogP contribution in [0.25, 0.3) is 0 Å². The van der Waals surface area contributed by atoms with Crippen LogP contribution < -0.4 is 5.73 Å². The fourth-order valence-electron chi connectivity index (χ4n) is 1.96. The molecule has 96 valence electrons. The lowest BCUT2D eigenvalue weighted by molar-refractivity contribution is 0.0491. The topological polar surface area (TPSA) is 61.0 Å². The number of nitrogens with zero attached hydrogens (tertiary/aromatic N) is 2. The fourth-order valence-corrected chi connectivity index (χ4v) is 1.96. The van der Waals surface area contributed by atoms with Crippen molar-refractivity contribution in [3.63, 3.8) is 0 Å². The summed E-state index contributed by atoms with van der Waals surface area (Å²) in [6, 6.07) is 0. The largest absolute Gasteiger partial charge is 0.371 e. The van der Waals surface area contributed by atoms with Gasteiger partial charge in [-0.05, 0) is 27.2 Å². The summed E-state index contributed by atoms with van der Waals surface area (Å²) in [6.45, 7) is 9.27. The van der Waals surface area contributed by atoms with Crippen LogP contribution in [0.4, 0.5) is 0 Å². The van der Waals surface area contributed by atoms with Crippen LogP contribution in [0, 0.1) is 13.8 Å². The first kappa shape index (κ1) is 14.1. The monoisotopic (exact) mass is 237 g/mol. The molecule has 0 aliphatic heterocycles. The van der Waals surface area contributed by atoms with Crippen LogP contribution in [-0.2, 0) is 11.3 Å². The van der Waals surface area contributed by atoms with Crippen LogP contribution in [-0.4, -0.2) is 16.6 Å². The van der Waals surface area contributed by atoms with Crippen LogP contribution in [0.3, 0.4) is 0 Å². The van der Waals surface area contributed by atoms with Gasteiger partial charge in [0.2, 0.25) is 0 Å². The summed E-state index contributed by atoms with van der Waals surface area (Å²) in [7, 11) is 0. The predicted octanol–water partition coefficient (Wildman–Crippen LogP) is 2.43. The second-order valence-electron chi connectivity index (χ2n) is 4.17. The van der Waals surface area contributed by atoms with Crippen LogP contribution in [0.15, 0.2) is 0 Å². The summed E-state index contributed by atoms with van der Waals surface area (Å²) in [5.74, 6) is 0.793. The van der Waals surface area contributed by atoms with E-state index in [-0.39, 0.29) is 6.10 Å². The SMILES string of the molecule is CCCC(OCC)c1nc(C)c(CN)c(C)n1. The number of ether oxygens (including phenoxy) is 1. The second kappa shape index (κ2) is 6.67. The molecule has 4 nitrogen and oxygen atoms in total. The third-order valence-electron chi connectivity index (χ3n) is 2.85. The number of hydrogen-bond donors (Lipinski definition) is 1. The molecule has 0 saturated carbocycles. The zero-order chi connectivity index (χ0) is 12.8. The highest BCUT2D eigenvalue weighted by atomic mass is 16.5. The molecular formula is C13H23N3O. The lowest BCUT2D eigenvalue weighted by Crippen LogP contribution is -2.14. The van der Waals surface area contributed by atoms with E-state index in [2.05, 4.69) is 16.9 Å². The number of rotatable bonds is 6. The van der Waals surface area contributed by atoms with E-state index in [9.17, 15) is 0 Å². The molecule has 1 aromatic rings. The van der Waals surface area contributed by atoms with Crippen molar-refractivity contribution in [3.8, 4) is 0 Å². The minimum Gasteiger partial charge on any atom is -0.371 e. The van der Waals surface area contributed by atoms with Gasteiger partial charge in [-0.25, -0.2) is 9.97 Å². The van der Waals surface area contributed by atoms with Gasteiger partial charge in [0, 0.05) is 30.1 Å².